The van der Waals surface area contributed by atoms with Gasteiger partial charge in [0.25, 0.3) is 0 Å². The number of carbonyl (C=O) groups is 1. The largest absolute Gasteiger partial charge is 0.449 e. The van der Waals surface area contributed by atoms with Crippen LogP contribution in [0.2, 0.25) is 0 Å². The van der Waals surface area contributed by atoms with Gasteiger partial charge in [0.15, 0.2) is 0 Å². The maximum atomic E-state index is 11.5. The lowest BCUT2D eigenvalue weighted by Crippen LogP contribution is -2.35. The van der Waals surface area contributed by atoms with E-state index in [1.165, 1.54) is 4.90 Å². The maximum Gasteiger partial charge on any atom is 0.409 e. The van der Waals surface area contributed by atoms with Gasteiger partial charge < -0.3 is 20.6 Å². The number of nitrogens with two attached hydrogens (primary N) is 1. The molecule has 0 aliphatic heterocycles. The Morgan fingerprint density at radius 2 is 2.19 bits per heavy atom. The molecule has 0 unspecified atom stereocenters. The van der Waals surface area contributed by atoms with Crippen molar-refractivity contribution in [2.45, 2.75) is 27.2 Å². The van der Waals surface area contributed by atoms with Crippen LogP contribution in [0.1, 0.15) is 27.2 Å². The molecule has 0 bridgehead atoms. The molecule has 6 heteroatoms. The summed E-state index contributed by atoms with van der Waals surface area (Å²) >= 11 is 0. The average Bonchev–Trinajstić information content (AvgIpc) is 2.26. The number of hydrogen-bond donors (Lipinski definition) is 2. The first kappa shape index (κ1) is 14.5. The zero-order valence-electron chi connectivity index (χ0n) is 10.1. The summed E-state index contributed by atoms with van der Waals surface area (Å²) < 4.78 is 5.07. The Hall–Kier alpha value is -1.46. The first-order valence-electron chi connectivity index (χ1n) is 5.39. The van der Waals surface area contributed by atoms with E-state index in [0.29, 0.717) is 32.0 Å². The molecule has 0 aliphatic rings. The van der Waals surface area contributed by atoms with Gasteiger partial charge in [0.05, 0.1) is 6.61 Å². The van der Waals surface area contributed by atoms with Crippen LogP contribution in [0.25, 0.3) is 0 Å². The number of ether oxygens (including phenoxy) is 1. The minimum Gasteiger partial charge on any atom is -0.449 e. The molecule has 16 heavy (non-hydrogen) atoms. The molecule has 1 amide bonds. The van der Waals surface area contributed by atoms with Gasteiger partial charge in [0.2, 0.25) is 0 Å². The number of rotatable bonds is 6. The first-order valence-corrected chi connectivity index (χ1v) is 5.39. The molecule has 0 saturated carbocycles. The van der Waals surface area contributed by atoms with Gasteiger partial charge in [-0.2, -0.15) is 0 Å². The van der Waals surface area contributed by atoms with Crippen molar-refractivity contribution in [3.63, 3.8) is 0 Å². The van der Waals surface area contributed by atoms with Crippen molar-refractivity contribution in [3.05, 3.63) is 0 Å². The fraction of sp³-hybridized carbons (Fsp3) is 0.800. The van der Waals surface area contributed by atoms with Gasteiger partial charge in [-0.25, -0.2) is 4.79 Å². The van der Waals surface area contributed by atoms with Crippen molar-refractivity contribution in [1.29, 1.82) is 0 Å². The van der Waals surface area contributed by atoms with Crippen LogP contribution in [0, 0.1) is 5.92 Å². The third-order valence-electron chi connectivity index (χ3n) is 1.95. The Kier molecular flexibility index (Phi) is 7.07. The number of carbonyl (C=O) groups excluding carboxylic acids is 1. The van der Waals surface area contributed by atoms with Gasteiger partial charge in [0.1, 0.15) is 5.84 Å². The molecule has 0 rings (SSSR count). The molecule has 94 valence electrons. The molecule has 3 N–H and O–H groups in total. The summed E-state index contributed by atoms with van der Waals surface area (Å²) in [6.07, 6.45) is -0.0249. The zero-order chi connectivity index (χ0) is 12.6. The van der Waals surface area contributed by atoms with Crippen molar-refractivity contribution < 1.29 is 14.7 Å². The highest BCUT2D eigenvalue weighted by Gasteiger charge is 2.13. The fourth-order valence-corrected chi connectivity index (χ4v) is 1.01. The molecule has 6 nitrogen and oxygen atoms in total. The highest BCUT2D eigenvalue weighted by Crippen LogP contribution is 2.00. The first-order chi connectivity index (χ1) is 7.51. The lowest BCUT2D eigenvalue weighted by atomic mass is 10.2. The Labute approximate surface area is 96.0 Å². The number of oxime groups is 1. The molecule has 0 spiro atoms. The number of hydrogen-bond acceptors (Lipinski definition) is 4. The molecule has 0 aliphatic carbocycles. The van der Waals surface area contributed by atoms with Gasteiger partial charge in [-0.05, 0) is 12.8 Å². The van der Waals surface area contributed by atoms with Gasteiger partial charge >= 0.3 is 6.09 Å². The van der Waals surface area contributed by atoms with E-state index in [1.54, 1.807) is 0 Å². The van der Waals surface area contributed by atoms with E-state index < -0.39 is 0 Å². The molecule has 0 aromatic carbocycles. The summed E-state index contributed by atoms with van der Waals surface area (Å²) in [6, 6.07) is 0. The lowest BCUT2D eigenvalue weighted by Gasteiger charge is -2.20. The molecule has 0 aromatic rings. The molecule has 0 fully saturated rings. The second-order valence-corrected chi connectivity index (χ2v) is 3.89. The van der Waals surface area contributed by atoms with Crippen LogP contribution in [0.4, 0.5) is 4.79 Å². The summed E-state index contributed by atoms with van der Waals surface area (Å²) in [5, 5.41) is 11.2. The van der Waals surface area contributed by atoms with Crippen molar-refractivity contribution in [2.24, 2.45) is 16.8 Å². The van der Waals surface area contributed by atoms with E-state index in [-0.39, 0.29) is 11.9 Å². The molecule has 0 heterocycles. The average molecular weight is 231 g/mol. The van der Waals surface area contributed by atoms with Gasteiger partial charge in [-0.3, -0.25) is 0 Å². The lowest BCUT2D eigenvalue weighted by molar-refractivity contribution is 0.0945. The minimum absolute atomic E-state index is 0.107. The normalized spacial score (nSPS) is 11.6. The Bertz CT molecular complexity index is 241. The summed E-state index contributed by atoms with van der Waals surface area (Å²) in [5.74, 6) is 0.418. The van der Waals surface area contributed by atoms with Crippen LogP contribution in [-0.4, -0.2) is 41.7 Å². The third kappa shape index (κ3) is 6.10. The van der Waals surface area contributed by atoms with Crippen LogP contribution in [0.3, 0.4) is 0 Å². The highest BCUT2D eigenvalue weighted by molar-refractivity contribution is 5.80. The third-order valence-corrected chi connectivity index (χ3v) is 1.95. The van der Waals surface area contributed by atoms with Crippen LogP contribution in [-0.2, 0) is 4.74 Å². The molecule has 0 atom stereocenters. The number of nitrogens with zero attached hydrogens (tertiary/aromatic N) is 2. The zero-order valence-corrected chi connectivity index (χ0v) is 10.1. The molecular weight excluding hydrogens is 210 g/mol. The molecular formula is C10H21N3O3. The number of amidine groups is 1. The van der Waals surface area contributed by atoms with Crippen LogP contribution in [0.5, 0.6) is 0 Å². The summed E-state index contributed by atoms with van der Waals surface area (Å²) in [4.78, 5) is 13.1. The van der Waals surface area contributed by atoms with E-state index in [0.717, 1.165) is 0 Å². The van der Waals surface area contributed by atoms with Crippen molar-refractivity contribution in [3.8, 4) is 0 Å². The topological polar surface area (TPSA) is 88.1 Å². The van der Waals surface area contributed by atoms with Gasteiger partial charge in [-0.15, -0.1) is 0 Å². The Morgan fingerprint density at radius 3 is 2.62 bits per heavy atom. The summed E-state index contributed by atoms with van der Waals surface area (Å²) in [7, 11) is 0. The van der Waals surface area contributed by atoms with Crippen LogP contribution < -0.4 is 5.73 Å². The second kappa shape index (κ2) is 7.78. The second-order valence-electron chi connectivity index (χ2n) is 3.89. The van der Waals surface area contributed by atoms with Crippen LogP contribution >= 0.6 is 0 Å². The molecule has 0 aromatic heterocycles. The van der Waals surface area contributed by atoms with Crippen molar-refractivity contribution >= 4 is 11.9 Å². The summed E-state index contributed by atoms with van der Waals surface area (Å²) in [5.41, 5.74) is 5.32. The van der Waals surface area contributed by atoms with Crippen molar-refractivity contribution in [1.82, 2.24) is 4.90 Å². The SMILES string of the molecule is CCN(CCC(N)=NO)C(=O)OCC(C)C. The number of amides is 1. The van der Waals surface area contributed by atoms with E-state index in [2.05, 4.69) is 5.16 Å². The smallest absolute Gasteiger partial charge is 0.409 e. The predicted octanol–water partition coefficient (Wildman–Crippen LogP) is 1.24. The molecule has 0 radical (unpaired) electrons. The minimum atomic E-state index is -0.359. The summed E-state index contributed by atoms with van der Waals surface area (Å²) in [6.45, 7) is 7.13. The van der Waals surface area contributed by atoms with Gasteiger partial charge in [-0.1, -0.05) is 19.0 Å². The predicted molar refractivity (Wildman–Crippen MR) is 61.5 cm³/mol. The monoisotopic (exact) mass is 231 g/mol. The van der Waals surface area contributed by atoms with E-state index in [9.17, 15) is 4.79 Å². The Morgan fingerprint density at radius 1 is 1.56 bits per heavy atom. The Balaban J connectivity index is 4.02. The van der Waals surface area contributed by atoms with Crippen molar-refractivity contribution in [2.75, 3.05) is 19.7 Å². The fourth-order valence-electron chi connectivity index (χ4n) is 1.01. The van der Waals surface area contributed by atoms with E-state index in [4.69, 9.17) is 15.7 Å². The van der Waals surface area contributed by atoms with Crippen LogP contribution in [0.15, 0.2) is 5.16 Å². The van der Waals surface area contributed by atoms with E-state index >= 15 is 0 Å². The quantitative estimate of drug-likeness (QED) is 0.311. The molecule has 0 saturated heterocycles. The standard InChI is InChI=1S/C10H21N3O3/c1-4-13(6-5-9(11)12-15)10(14)16-7-8(2)3/h8,15H,4-7H2,1-3H3,(H2,11,12). The highest BCUT2D eigenvalue weighted by atomic mass is 16.6. The van der Waals surface area contributed by atoms with Gasteiger partial charge in [0, 0.05) is 19.5 Å². The van der Waals surface area contributed by atoms with E-state index in [1.807, 2.05) is 20.8 Å². The maximum absolute atomic E-state index is 11.5.